The maximum absolute atomic E-state index is 5.41. The van der Waals surface area contributed by atoms with E-state index in [1.165, 1.54) is 0 Å². The summed E-state index contributed by atoms with van der Waals surface area (Å²) in [4.78, 5) is 2.76. The molecule has 1 aromatic rings. The molecule has 1 aromatic heterocycles. The predicted octanol–water partition coefficient (Wildman–Crippen LogP) is 0.488. The Labute approximate surface area is 47.7 Å². The molecule has 0 radical (unpaired) electrons. The Morgan fingerprint density at radius 3 is 2.25 bits per heavy atom. The molecule has 44 valence electrons. The van der Waals surface area contributed by atoms with E-state index in [-0.39, 0.29) is 0 Å². The quantitative estimate of drug-likeness (QED) is 0.456. The minimum atomic E-state index is 0.625. The number of rotatable bonds is 0. The summed E-state index contributed by atoms with van der Waals surface area (Å²) < 4.78 is 0. The molecule has 0 aliphatic carbocycles. The maximum Gasteiger partial charge on any atom is 0.105 e. The number of hydrogen-bond acceptors (Lipinski definition) is 2. The van der Waals surface area contributed by atoms with Crippen LogP contribution in [0.2, 0.25) is 0 Å². The number of aryl methyl sites for hydroxylation is 1. The third kappa shape index (κ3) is 0.621. The van der Waals surface area contributed by atoms with Crippen LogP contribution in [0.3, 0.4) is 0 Å². The van der Waals surface area contributed by atoms with Crippen LogP contribution in [0.4, 0.5) is 11.6 Å². The third-order valence-corrected chi connectivity index (χ3v) is 1.08. The molecular formula is C5H9N3. The van der Waals surface area contributed by atoms with Crippen molar-refractivity contribution in [2.75, 3.05) is 11.5 Å². The van der Waals surface area contributed by atoms with E-state index in [0.29, 0.717) is 11.6 Å². The second-order valence-electron chi connectivity index (χ2n) is 1.82. The molecule has 0 aliphatic rings. The maximum atomic E-state index is 5.41. The number of hydrogen-bond donors (Lipinski definition) is 3. The summed E-state index contributed by atoms with van der Waals surface area (Å²) >= 11 is 0. The van der Waals surface area contributed by atoms with E-state index >= 15 is 0 Å². The van der Waals surface area contributed by atoms with Crippen molar-refractivity contribution in [3.63, 3.8) is 0 Å². The van der Waals surface area contributed by atoms with Gasteiger partial charge in [-0.2, -0.15) is 0 Å². The fraction of sp³-hybridized carbons (Fsp3) is 0.200. The molecule has 0 saturated carbocycles. The lowest BCUT2D eigenvalue weighted by molar-refractivity contribution is 1.39. The smallest absolute Gasteiger partial charge is 0.105 e. The molecule has 0 atom stereocenters. The van der Waals surface area contributed by atoms with E-state index in [4.69, 9.17) is 11.5 Å². The van der Waals surface area contributed by atoms with Gasteiger partial charge in [-0.25, -0.2) is 0 Å². The molecule has 0 saturated heterocycles. The first-order valence-corrected chi connectivity index (χ1v) is 2.40. The molecule has 0 amide bonds. The molecule has 1 rings (SSSR count). The SMILES string of the molecule is Cc1cc(N)[nH]c1N. The van der Waals surface area contributed by atoms with Crippen LogP contribution in [0, 0.1) is 6.92 Å². The van der Waals surface area contributed by atoms with Gasteiger partial charge in [-0.15, -0.1) is 0 Å². The largest absolute Gasteiger partial charge is 0.385 e. The zero-order valence-electron chi connectivity index (χ0n) is 4.73. The van der Waals surface area contributed by atoms with Gasteiger partial charge in [0.25, 0.3) is 0 Å². The van der Waals surface area contributed by atoms with Crippen LogP contribution in [0.25, 0.3) is 0 Å². The highest BCUT2D eigenvalue weighted by Crippen LogP contribution is 2.11. The van der Waals surface area contributed by atoms with Gasteiger partial charge in [-0.05, 0) is 18.6 Å². The standard InChI is InChI=1S/C5H9N3/c1-3-2-4(6)8-5(3)7/h2,8H,6-7H2,1H3. The molecular weight excluding hydrogens is 102 g/mol. The lowest BCUT2D eigenvalue weighted by Crippen LogP contribution is -1.87. The van der Waals surface area contributed by atoms with Gasteiger partial charge in [0.05, 0.1) is 0 Å². The minimum Gasteiger partial charge on any atom is -0.385 e. The molecule has 8 heavy (non-hydrogen) atoms. The predicted molar refractivity (Wildman–Crippen MR) is 34.4 cm³/mol. The zero-order chi connectivity index (χ0) is 6.15. The highest BCUT2D eigenvalue weighted by atomic mass is 14.9. The van der Waals surface area contributed by atoms with E-state index in [9.17, 15) is 0 Å². The fourth-order valence-electron chi connectivity index (χ4n) is 0.601. The van der Waals surface area contributed by atoms with Gasteiger partial charge < -0.3 is 16.5 Å². The van der Waals surface area contributed by atoms with Gasteiger partial charge in [0, 0.05) is 0 Å². The Morgan fingerprint density at radius 2 is 2.12 bits per heavy atom. The van der Waals surface area contributed by atoms with Crippen LogP contribution in [0.1, 0.15) is 5.56 Å². The molecule has 1 heterocycles. The van der Waals surface area contributed by atoms with E-state index in [1.54, 1.807) is 6.07 Å². The van der Waals surface area contributed by atoms with Crippen molar-refractivity contribution in [3.8, 4) is 0 Å². The number of aromatic amines is 1. The Balaban J connectivity index is 3.14. The number of nitrogens with one attached hydrogen (secondary N) is 1. The Bertz CT molecular complexity index is 170. The summed E-state index contributed by atoms with van der Waals surface area (Å²) in [5.74, 6) is 1.28. The first-order chi connectivity index (χ1) is 3.70. The Hall–Kier alpha value is -1.12. The van der Waals surface area contributed by atoms with Crippen LogP contribution >= 0.6 is 0 Å². The summed E-state index contributed by atoms with van der Waals surface area (Å²) in [7, 11) is 0. The normalized spacial score (nSPS) is 9.62. The van der Waals surface area contributed by atoms with Crippen LogP contribution in [-0.4, -0.2) is 4.98 Å². The number of nitrogens with two attached hydrogens (primary N) is 2. The van der Waals surface area contributed by atoms with Crippen molar-refractivity contribution in [1.82, 2.24) is 4.98 Å². The van der Waals surface area contributed by atoms with Crippen molar-refractivity contribution in [3.05, 3.63) is 11.6 Å². The third-order valence-electron chi connectivity index (χ3n) is 1.08. The van der Waals surface area contributed by atoms with Gasteiger partial charge in [0.2, 0.25) is 0 Å². The van der Waals surface area contributed by atoms with Gasteiger partial charge in [-0.3, -0.25) is 0 Å². The summed E-state index contributed by atoms with van der Waals surface area (Å²) in [6.07, 6.45) is 0. The molecule has 0 fully saturated rings. The number of aromatic nitrogens is 1. The summed E-state index contributed by atoms with van der Waals surface area (Å²) in [6, 6.07) is 1.80. The van der Waals surface area contributed by atoms with Crippen molar-refractivity contribution in [2.45, 2.75) is 6.92 Å². The fourth-order valence-corrected chi connectivity index (χ4v) is 0.601. The van der Waals surface area contributed by atoms with Gasteiger partial charge in [-0.1, -0.05) is 0 Å². The molecule has 3 nitrogen and oxygen atoms in total. The van der Waals surface area contributed by atoms with E-state index in [2.05, 4.69) is 4.98 Å². The second-order valence-corrected chi connectivity index (χ2v) is 1.82. The minimum absolute atomic E-state index is 0.625. The van der Waals surface area contributed by atoms with Crippen LogP contribution < -0.4 is 11.5 Å². The molecule has 0 unspecified atom stereocenters. The van der Waals surface area contributed by atoms with Crippen molar-refractivity contribution in [2.24, 2.45) is 0 Å². The number of anilines is 2. The van der Waals surface area contributed by atoms with Gasteiger partial charge in [0.15, 0.2) is 0 Å². The first kappa shape index (κ1) is 5.03. The highest BCUT2D eigenvalue weighted by Gasteiger charge is 1.93. The Morgan fingerprint density at radius 1 is 1.50 bits per heavy atom. The number of nitrogen functional groups attached to an aromatic ring is 2. The van der Waals surface area contributed by atoms with Crippen molar-refractivity contribution < 1.29 is 0 Å². The van der Waals surface area contributed by atoms with E-state index < -0.39 is 0 Å². The molecule has 3 heteroatoms. The van der Waals surface area contributed by atoms with Crippen LogP contribution in [0.15, 0.2) is 6.07 Å². The lowest BCUT2D eigenvalue weighted by atomic mass is 10.4. The molecule has 0 aromatic carbocycles. The van der Waals surface area contributed by atoms with Gasteiger partial charge >= 0.3 is 0 Å². The molecule has 0 spiro atoms. The zero-order valence-corrected chi connectivity index (χ0v) is 4.73. The number of H-pyrrole nitrogens is 1. The molecule has 0 bridgehead atoms. The topological polar surface area (TPSA) is 67.8 Å². The van der Waals surface area contributed by atoms with E-state index in [0.717, 1.165) is 5.56 Å². The van der Waals surface area contributed by atoms with Crippen LogP contribution in [0.5, 0.6) is 0 Å². The first-order valence-electron chi connectivity index (χ1n) is 2.40. The highest BCUT2D eigenvalue weighted by molar-refractivity contribution is 5.49. The van der Waals surface area contributed by atoms with Crippen molar-refractivity contribution >= 4 is 11.6 Å². The second kappa shape index (κ2) is 1.43. The molecule has 0 aliphatic heterocycles. The summed E-state index contributed by atoms with van der Waals surface area (Å²) in [6.45, 7) is 1.90. The Kier molecular flexibility index (Phi) is 0.901. The van der Waals surface area contributed by atoms with Crippen molar-refractivity contribution in [1.29, 1.82) is 0 Å². The monoisotopic (exact) mass is 111 g/mol. The molecule has 5 N–H and O–H groups in total. The average molecular weight is 111 g/mol. The van der Waals surface area contributed by atoms with Crippen LogP contribution in [-0.2, 0) is 0 Å². The summed E-state index contributed by atoms with van der Waals surface area (Å²) in [5.41, 5.74) is 11.8. The summed E-state index contributed by atoms with van der Waals surface area (Å²) in [5, 5.41) is 0. The lowest BCUT2D eigenvalue weighted by Gasteiger charge is -1.82. The van der Waals surface area contributed by atoms with E-state index in [1.807, 2.05) is 6.92 Å². The van der Waals surface area contributed by atoms with Gasteiger partial charge in [0.1, 0.15) is 11.6 Å². The average Bonchev–Trinajstić information content (AvgIpc) is 1.85.